The van der Waals surface area contributed by atoms with E-state index in [0.29, 0.717) is 24.0 Å². The van der Waals surface area contributed by atoms with Gasteiger partial charge in [-0.15, -0.1) is 0 Å². The van der Waals surface area contributed by atoms with Crippen LogP contribution in [0.1, 0.15) is 45.7 Å². The number of H-pyrrole nitrogens is 1. The first-order valence-electron chi connectivity index (χ1n) is 5.92. The molecule has 1 heterocycles. The number of aldehydes is 1. The van der Waals surface area contributed by atoms with Crippen LogP contribution in [0.5, 0.6) is 0 Å². The van der Waals surface area contributed by atoms with E-state index in [1.807, 2.05) is 37.3 Å². The number of Topliss-reactive ketones (excluding diaryl/α,β-unsaturated/α-hetero) is 1. The van der Waals surface area contributed by atoms with E-state index in [1.165, 1.54) is 0 Å². The highest BCUT2D eigenvalue weighted by Gasteiger charge is 2.14. The second kappa shape index (κ2) is 5.45. The summed E-state index contributed by atoms with van der Waals surface area (Å²) < 4.78 is 0. The van der Waals surface area contributed by atoms with Crippen molar-refractivity contribution < 1.29 is 9.59 Å². The van der Waals surface area contributed by atoms with Crippen molar-refractivity contribution >= 4 is 12.1 Å². The predicted octanol–water partition coefficient (Wildman–Crippen LogP) is 3.20. The number of benzene rings is 1. The fraction of sp³-hybridized carbons (Fsp3) is 0.200. The maximum atomic E-state index is 12.0. The smallest absolute Gasteiger partial charge is 0.166 e. The van der Waals surface area contributed by atoms with Crippen LogP contribution in [-0.2, 0) is 0 Å². The highest BCUT2D eigenvalue weighted by Crippen LogP contribution is 2.21. The third-order valence-corrected chi connectivity index (χ3v) is 3.01. The summed E-state index contributed by atoms with van der Waals surface area (Å²) in [6.07, 6.45) is 2.74. The molecule has 18 heavy (non-hydrogen) atoms. The van der Waals surface area contributed by atoms with Crippen molar-refractivity contribution in [3.8, 4) is 0 Å². The number of hydrogen-bond donors (Lipinski definition) is 1. The van der Waals surface area contributed by atoms with Crippen LogP contribution in [0.2, 0.25) is 0 Å². The number of ketones is 1. The van der Waals surface area contributed by atoms with Crippen molar-refractivity contribution in [3.05, 3.63) is 59.4 Å². The molecule has 0 saturated heterocycles. The fourth-order valence-electron chi connectivity index (χ4n) is 1.94. The first-order chi connectivity index (χ1) is 8.70. The van der Waals surface area contributed by atoms with Crippen molar-refractivity contribution in [2.45, 2.75) is 19.3 Å². The molecule has 0 spiro atoms. The van der Waals surface area contributed by atoms with Crippen LogP contribution in [0.4, 0.5) is 0 Å². The van der Waals surface area contributed by atoms with E-state index in [9.17, 15) is 9.59 Å². The average molecular weight is 241 g/mol. The van der Waals surface area contributed by atoms with Crippen LogP contribution in [-0.4, -0.2) is 17.1 Å². The third kappa shape index (κ3) is 2.74. The Bertz CT molecular complexity index is 543. The van der Waals surface area contributed by atoms with Gasteiger partial charge in [-0.1, -0.05) is 37.3 Å². The summed E-state index contributed by atoms with van der Waals surface area (Å²) in [6.45, 7) is 2.03. The Morgan fingerprint density at radius 3 is 2.67 bits per heavy atom. The SMILES string of the molecule is CC(CC(=O)c1c[nH]c(C=O)c1)c1ccccc1. The summed E-state index contributed by atoms with van der Waals surface area (Å²) in [5, 5.41) is 0. The van der Waals surface area contributed by atoms with E-state index >= 15 is 0 Å². The molecule has 3 heteroatoms. The van der Waals surface area contributed by atoms with E-state index in [0.717, 1.165) is 5.56 Å². The number of rotatable bonds is 5. The summed E-state index contributed by atoms with van der Waals surface area (Å²) in [7, 11) is 0. The van der Waals surface area contributed by atoms with Crippen molar-refractivity contribution in [1.82, 2.24) is 4.98 Å². The number of carbonyl (C=O) groups is 2. The first kappa shape index (κ1) is 12.3. The second-order valence-electron chi connectivity index (χ2n) is 4.40. The fourth-order valence-corrected chi connectivity index (χ4v) is 1.94. The van der Waals surface area contributed by atoms with Crippen molar-refractivity contribution in [2.75, 3.05) is 0 Å². The van der Waals surface area contributed by atoms with Gasteiger partial charge in [0.25, 0.3) is 0 Å². The van der Waals surface area contributed by atoms with Gasteiger partial charge in [0.2, 0.25) is 0 Å². The zero-order chi connectivity index (χ0) is 13.0. The molecule has 1 aromatic carbocycles. The lowest BCUT2D eigenvalue weighted by Crippen LogP contribution is -2.04. The minimum Gasteiger partial charge on any atom is -0.358 e. The molecule has 92 valence electrons. The summed E-state index contributed by atoms with van der Waals surface area (Å²) in [5.74, 6) is 0.226. The van der Waals surface area contributed by atoms with Gasteiger partial charge >= 0.3 is 0 Å². The van der Waals surface area contributed by atoms with Gasteiger partial charge in [-0.2, -0.15) is 0 Å². The predicted molar refractivity (Wildman–Crippen MR) is 70.0 cm³/mol. The highest BCUT2D eigenvalue weighted by atomic mass is 16.1. The van der Waals surface area contributed by atoms with E-state index in [2.05, 4.69) is 4.98 Å². The van der Waals surface area contributed by atoms with Crippen LogP contribution in [0.25, 0.3) is 0 Å². The molecule has 2 aromatic rings. The molecule has 0 radical (unpaired) electrons. The molecule has 1 N–H and O–H groups in total. The minimum absolute atomic E-state index is 0.0516. The lowest BCUT2D eigenvalue weighted by Gasteiger charge is -2.09. The first-order valence-corrected chi connectivity index (χ1v) is 5.92. The van der Waals surface area contributed by atoms with Gasteiger partial charge < -0.3 is 4.98 Å². The molecule has 0 aliphatic carbocycles. The molecule has 0 amide bonds. The standard InChI is InChI=1S/C15H15NO2/c1-11(12-5-3-2-4-6-12)7-15(18)13-8-14(10-17)16-9-13/h2-6,8-11,16H,7H2,1H3. The summed E-state index contributed by atoms with van der Waals surface area (Å²) in [4.78, 5) is 25.3. The number of nitrogens with one attached hydrogen (secondary N) is 1. The van der Waals surface area contributed by atoms with Gasteiger partial charge in [-0.25, -0.2) is 0 Å². The highest BCUT2D eigenvalue weighted by molar-refractivity contribution is 5.97. The van der Waals surface area contributed by atoms with Crippen LogP contribution < -0.4 is 0 Å². The van der Waals surface area contributed by atoms with Gasteiger partial charge in [0, 0.05) is 18.2 Å². The molecule has 0 bridgehead atoms. The maximum Gasteiger partial charge on any atom is 0.166 e. The van der Waals surface area contributed by atoms with Gasteiger partial charge in [0.1, 0.15) is 0 Å². The largest absolute Gasteiger partial charge is 0.358 e. The molecule has 0 aliphatic rings. The van der Waals surface area contributed by atoms with Gasteiger partial charge in [-0.3, -0.25) is 9.59 Å². The normalized spacial score (nSPS) is 12.1. The quantitative estimate of drug-likeness (QED) is 0.645. The number of aromatic amines is 1. The zero-order valence-electron chi connectivity index (χ0n) is 10.2. The van der Waals surface area contributed by atoms with Gasteiger partial charge in [0.05, 0.1) is 5.69 Å². The van der Waals surface area contributed by atoms with Crippen molar-refractivity contribution in [3.63, 3.8) is 0 Å². The molecule has 0 fully saturated rings. The lowest BCUT2D eigenvalue weighted by molar-refractivity contribution is 0.0975. The van der Waals surface area contributed by atoms with Crippen molar-refractivity contribution in [1.29, 1.82) is 0 Å². The number of carbonyl (C=O) groups excluding carboxylic acids is 2. The molecule has 2 rings (SSSR count). The van der Waals surface area contributed by atoms with Crippen LogP contribution in [0, 0.1) is 0 Å². The monoisotopic (exact) mass is 241 g/mol. The van der Waals surface area contributed by atoms with E-state index in [1.54, 1.807) is 12.3 Å². The van der Waals surface area contributed by atoms with E-state index in [4.69, 9.17) is 0 Å². The Morgan fingerprint density at radius 1 is 1.33 bits per heavy atom. The lowest BCUT2D eigenvalue weighted by atomic mass is 9.94. The average Bonchev–Trinajstić information content (AvgIpc) is 2.88. The molecule has 3 nitrogen and oxygen atoms in total. The third-order valence-electron chi connectivity index (χ3n) is 3.01. The van der Waals surface area contributed by atoms with Crippen molar-refractivity contribution in [2.24, 2.45) is 0 Å². The van der Waals surface area contributed by atoms with Gasteiger partial charge in [-0.05, 0) is 17.5 Å². The zero-order valence-corrected chi connectivity index (χ0v) is 10.2. The van der Waals surface area contributed by atoms with Crippen LogP contribution in [0.15, 0.2) is 42.6 Å². The molecular weight excluding hydrogens is 226 g/mol. The van der Waals surface area contributed by atoms with E-state index in [-0.39, 0.29) is 11.7 Å². The molecule has 1 unspecified atom stereocenters. The Kier molecular flexibility index (Phi) is 3.72. The number of hydrogen-bond acceptors (Lipinski definition) is 2. The second-order valence-corrected chi connectivity index (χ2v) is 4.40. The topological polar surface area (TPSA) is 49.9 Å². The molecule has 0 saturated carbocycles. The molecule has 0 aliphatic heterocycles. The number of aromatic nitrogens is 1. The van der Waals surface area contributed by atoms with E-state index < -0.39 is 0 Å². The summed E-state index contributed by atoms with van der Waals surface area (Å²) in [5.41, 5.74) is 2.16. The molecule has 1 aromatic heterocycles. The van der Waals surface area contributed by atoms with Crippen LogP contribution >= 0.6 is 0 Å². The Balaban J connectivity index is 2.05. The Labute approximate surface area is 106 Å². The minimum atomic E-state index is 0.0516. The Hall–Kier alpha value is -2.16. The van der Waals surface area contributed by atoms with Crippen LogP contribution in [0.3, 0.4) is 0 Å². The molecular formula is C15H15NO2. The Morgan fingerprint density at radius 2 is 2.06 bits per heavy atom. The maximum absolute atomic E-state index is 12.0. The summed E-state index contributed by atoms with van der Waals surface area (Å²) in [6, 6.07) is 11.5. The molecule has 1 atom stereocenters. The van der Waals surface area contributed by atoms with Gasteiger partial charge in [0.15, 0.2) is 12.1 Å². The summed E-state index contributed by atoms with van der Waals surface area (Å²) >= 11 is 0.